The first-order chi connectivity index (χ1) is 9.53. The number of rotatable bonds is 7. The van der Waals surface area contributed by atoms with E-state index in [4.69, 9.17) is 14.6 Å². The Bertz CT molecular complexity index is 510. The average molecular weight is 278 g/mol. The lowest BCUT2D eigenvalue weighted by Crippen LogP contribution is -2.26. The van der Waals surface area contributed by atoms with Crippen LogP contribution in [0.2, 0.25) is 0 Å². The zero-order chi connectivity index (χ0) is 15.1. The quantitative estimate of drug-likeness (QED) is 0.817. The number of ether oxygens (including phenoxy) is 2. The summed E-state index contributed by atoms with van der Waals surface area (Å²) < 4.78 is 10.4. The van der Waals surface area contributed by atoms with Gasteiger partial charge in [0.25, 0.3) is 0 Å². The molecule has 0 aliphatic carbocycles. The predicted molar refractivity (Wildman–Crippen MR) is 72.8 cm³/mol. The largest absolute Gasteiger partial charge is 0.497 e. The first-order valence-corrected chi connectivity index (χ1v) is 6.07. The van der Waals surface area contributed by atoms with E-state index in [1.54, 1.807) is 37.3 Å². The van der Waals surface area contributed by atoms with Crippen LogP contribution in [0.5, 0.6) is 11.5 Å². The highest BCUT2D eigenvalue weighted by atomic mass is 16.5. The molecule has 0 amide bonds. The van der Waals surface area contributed by atoms with E-state index < -0.39 is 12.0 Å². The molecule has 0 heterocycles. The van der Waals surface area contributed by atoms with Crippen molar-refractivity contribution in [3.05, 3.63) is 23.8 Å². The van der Waals surface area contributed by atoms with E-state index in [9.17, 15) is 10.1 Å². The number of methoxy groups -OCH3 is 2. The summed E-state index contributed by atoms with van der Waals surface area (Å²) in [7, 11) is 4.77. The van der Waals surface area contributed by atoms with Gasteiger partial charge >= 0.3 is 5.97 Å². The van der Waals surface area contributed by atoms with E-state index in [0.29, 0.717) is 17.1 Å². The highest BCUT2D eigenvalue weighted by Gasteiger charge is 2.21. The third-order valence-corrected chi connectivity index (χ3v) is 2.97. The van der Waals surface area contributed by atoms with Gasteiger partial charge in [-0.2, -0.15) is 5.26 Å². The van der Waals surface area contributed by atoms with E-state index in [0.717, 1.165) is 0 Å². The fourth-order valence-electron chi connectivity index (χ4n) is 1.86. The molecule has 0 aliphatic heterocycles. The minimum Gasteiger partial charge on any atom is -0.497 e. The molecule has 0 bridgehead atoms. The Hall–Kier alpha value is -2.26. The summed E-state index contributed by atoms with van der Waals surface area (Å²) in [6.07, 6.45) is -0.0268. The molecule has 1 atom stereocenters. The van der Waals surface area contributed by atoms with Crippen LogP contribution < -0.4 is 9.47 Å². The van der Waals surface area contributed by atoms with Crippen LogP contribution in [0.1, 0.15) is 18.0 Å². The van der Waals surface area contributed by atoms with Gasteiger partial charge in [-0.25, -0.2) is 0 Å². The lowest BCUT2D eigenvalue weighted by atomic mass is 10.0. The Morgan fingerprint density at radius 3 is 2.65 bits per heavy atom. The second-order valence-electron chi connectivity index (χ2n) is 4.26. The predicted octanol–water partition coefficient (Wildman–Crippen LogP) is 1.67. The van der Waals surface area contributed by atoms with Crippen molar-refractivity contribution in [2.24, 2.45) is 0 Å². The molecule has 1 unspecified atom stereocenters. The number of aliphatic carboxylic acids is 1. The number of nitriles is 1. The summed E-state index contributed by atoms with van der Waals surface area (Å²) in [5.41, 5.74) is 0.655. The third kappa shape index (κ3) is 3.87. The van der Waals surface area contributed by atoms with Crippen LogP contribution in [0.15, 0.2) is 18.2 Å². The van der Waals surface area contributed by atoms with Gasteiger partial charge in [0.15, 0.2) is 0 Å². The molecule has 0 spiro atoms. The number of nitrogens with zero attached hydrogens (tertiary/aromatic N) is 2. The average Bonchev–Trinajstić information content (AvgIpc) is 2.45. The van der Waals surface area contributed by atoms with E-state index >= 15 is 0 Å². The lowest BCUT2D eigenvalue weighted by molar-refractivity contribution is -0.137. The summed E-state index contributed by atoms with van der Waals surface area (Å²) in [5.74, 6) is 0.290. The summed E-state index contributed by atoms with van der Waals surface area (Å²) in [4.78, 5) is 12.3. The molecule has 6 nitrogen and oxygen atoms in total. The van der Waals surface area contributed by atoms with Gasteiger partial charge in [-0.3, -0.25) is 9.69 Å². The van der Waals surface area contributed by atoms with Gasteiger partial charge in [-0.15, -0.1) is 0 Å². The summed E-state index contributed by atoms with van der Waals surface area (Å²) in [6, 6.07) is 6.76. The Balaban J connectivity index is 3.04. The van der Waals surface area contributed by atoms with Crippen LogP contribution in [0.4, 0.5) is 0 Å². The maximum atomic E-state index is 10.6. The molecule has 0 aromatic heterocycles. The monoisotopic (exact) mass is 278 g/mol. The Morgan fingerprint density at radius 2 is 2.15 bits per heavy atom. The molecule has 1 aromatic rings. The zero-order valence-corrected chi connectivity index (χ0v) is 11.8. The Labute approximate surface area is 118 Å². The van der Waals surface area contributed by atoms with Gasteiger partial charge < -0.3 is 14.6 Å². The fourth-order valence-corrected chi connectivity index (χ4v) is 1.86. The van der Waals surface area contributed by atoms with Crippen LogP contribution >= 0.6 is 0 Å². The summed E-state index contributed by atoms with van der Waals surface area (Å²) in [5, 5.41) is 18.1. The molecular weight excluding hydrogens is 260 g/mol. The minimum absolute atomic E-state index is 0.0268. The van der Waals surface area contributed by atoms with Gasteiger partial charge in [-0.05, 0) is 25.2 Å². The van der Waals surface area contributed by atoms with Gasteiger partial charge in [0.1, 0.15) is 17.5 Å². The molecule has 6 heteroatoms. The van der Waals surface area contributed by atoms with Crippen molar-refractivity contribution in [3.8, 4) is 17.6 Å². The molecule has 20 heavy (non-hydrogen) atoms. The highest BCUT2D eigenvalue weighted by Crippen LogP contribution is 2.31. The Kier molecular flexibility index (Phi) is 5.81. The SMILES string of the molecule is COc1ccc(OC)c(C(C#N)N(C)CCC(=O)O)c1. The molecule has 1 rings (SSSR count). The molecule has 1 N–H and O–H groups in total. The van der Waals surface area contributed by atoms with Gasteiger partial charge in [-0.1, -0.05) is 0 Å². The maximum Gasteiger partial charge on any atom is 0.304 e. The number of benzene rings is 1. The topological polar surface area (TPSA) is 82.8 Å². The van der Waals surface area contributed by atoms with Crippen molar-refractivity contribution in [2.45, 2.75) is 12.5 Å². The van der Waals surface area contributed by atoms with Gasteiger partial charge in [0, 0.05) is 12.1 Å². The van der Waals surface area contributed by atoms with Crippen LogP contribution in [0.25, 0.3) is 0 Å². The van der Waals surface area contributed by atoms with Crippen molar-refractivity contribution < 1.29 is 19.4 Å². The molecule has 1 aromatic carbocycles. The van der Waals surface area contributed by atoms with Gasteiger partial charge in [0.2, 0.25) is 0 Å². The Morgan fingerprint density at radius 1 is 1.45 bits per heavy atom. The molecule has 0 saturated heterocycles. The van der Waals surface area contributed by atoms with Crippen LogP contribution in [0, 0.1) is 11.3 Å². The summed E-state index contributed by atoms with van der Waals surface area (Å²) >= 11 is 0. The third-order valence-electron chi connectivity index (χ3n) is 2.97. The maximum absolute atomic E-state index is 10.6. The van der Waals surface area contributed by atoms with Crippen LogP contribution in [-0.2, 0) is 4.79 Å². The fraction of sp³-hybridized carbons (Fsp3) is 0.429. The smallest absolute Gasteiger partial charge is 0.304 e. The molecular formula is C14H18N2O4. The van der Waals surface area contributed by atoms with Crippen molar-refractivity contribution >= 4 is 5.97 Å². The van der Waals surface area contributed by atoms with Crippen molar-refractivity contribution in [2.75, 3.05) is 27.8 Å². The van der Waals surface area contributed by atoms with Gasteiger partial charge in [0.05, 0.1) is 26.7 Å². The zero-order valence-electron chi connectivity index (χ0n) is 11.8. The molecule has 0 saturated carbocycles. The number of hydrogen-bond acceptors (Lipinski definition) is 5. The molecule has 108 valence electrons. The van der Waals surface area contributed by atoms with E-state index in [2.05, 4.69) is 6.07 Å². The number of carboxylic acids is 1. The lowest BCUT2D eigenvalue weighted by Gasteiger charge is -2.23. The van der Waals surface area contributed by atoms with E-state index in [-0.39, 0.29) is 13.0 Å². The number of hydrogen-bond donors (Lipinski definition) is 1. The standard InChI is InChI=1S/C14H18N2O4/c1-16(7-6-14(17)18)12(9-15)11-8-10(19-2)4-5-13(11)20-3/h4-5,8,12H,6-7H2,1-3H3,(H,17,18). The minimum atomic E-state index is -0.897. The van der Waals surface area contributed by atoms with Crippen molar-refractivity contribution in [1.82, 2.24) is 4.90 Å². The summed E-state index contributed by atoms with van der Waals surface area (Å²) in [6.45, 7) is 0.272. The van der Waals surface area contributed by atoms with Crippen molar-refractivity contribution in [1.29, 1.82) is 5.26 Å². The van der Waals surface area contributed by atoms with Crippen LogP contribution in [-0.4, -0.2) is 43.8 Å². The second-order valence-corrected chi connectivity index (χ2v) is 4.26. The first kappa shape index (κ1) is 15.8. The normalized spacial score (nSPS) is 11.8. The molecule has 0 radical (unpaired) electrons. The number of carbonyl (C=O) groups is 1. The number of carboxylic acid groups (broad SMARTS) is 1. The first-order valence-electron chi connectivity index (χ1n) is 6.07. The second kappa shape index (κ2) is 7.36. The van der Waals surface area contributed by atoms with E-state index in [1.807, 2.05) is 0 Å². The van der Waals surface area contributed by atoms with Crippen molar-refractivity contribution in [3.63, 3.8) is 0 Å². The molecule has 0 aliphatic rings. The highest BCUT2D eigenvalue weighted by molar-refractivity contribution is 5.66. The van der Waals surface area contributed by atoms with Crippen LogP contribution in [0.3, 0.4) is 0 Å². The van der Waals surface area contributed by atoms with E-state index in [1.165, 1.54) is 7.11 Å². The molecule has 0 fully saturated rings.